The second kappa shape index (κ2) is 3.58. The summed E-state index contributed by atoms with van der Waals surface area (Å²) in [7, 11) is 0. The highest BCUT2D eigenvalue weighted by Gasteiger charge is 2.00. The molecule has 1 aromatic heterocycles. The zero-order valence-electron chi connectivity index (χ0n) is 7.87. The van der Waals surface area contributed by atoms with Crippen LogP contribution >= 0.6 is 0 Å². The molecule has 1 aromatic carbocycles. The summed E-state index contributed by atoms with van der Waals surface area (Å²) in [5, 5.41) is 0.960. The first-order chi connectivity index (χ1) is 6.81. The van der Waals surface area contributed by atoms with Crippen LogP contribution in [0.1, 0.15) is 12.5 Å². The second-order valence-corrected chi connectivity index (χ2v) is 3.05. The highest BCUT2D eigenvalue weighted by atomic mass is 19.1. The smallest absolute Gasteiger partial charge is 0.127 e. The predicted molar refractivity (Wildman–Crippen MR) is 56.5 cm³/mol. The van der Waals surface area contributed by atoms with E-state index in [0.717, 1.165) is 10.9 Å². The van der Waals surface area contributed by atoms with Crippen LogP contribution in [0.3, 0.4) is 0 Å². The van der Waals surface area contributed by atoms with E-state index in [1.165, 1.54) is 6.08 Å². The fourth-order valence-electron chi connectivity index (χ4n) is 1.37. The van der Waals surface area contributed by atoms with Crippen LogP contribution in [0.15, 0.2) is 42.6 Å². The van der Waals surface area contributed by atoms with E-state index in [2.05, 4.69) is 4.98 Å². The van der Waals surface area contributed by atoms with Crippen molar-refractivity contribution >= 4 is 16.7 Å². The van der Waals surface area contributed by atoms with Crippen molar-refractivity contribution in [1.29, 1.82) is 0 Å². The molecule has 0 saturated heterocycles. The average molecular weight is 187 g/mol. The quantitative estimate of drug-likeness (QED) is 0.665. The van der Waals surface area contributed by atoms with Crippen LogP contribution in [0.4, 0.5) is 4.39 Å². The van der Waals surface area contributed by atoms with Crippen molar-refractivity contribution in [3.05, 3.63) is 48.2 Å². The zero-order valence-corrected chi connectivity index (χ0v) is 7.87. The van der Waals surface area contributed by atoms with E-state index in [4.69, 9.17) is 0 Å². The number of halogens is 1. The Morgan fingerprint density at radius 2 is 2.14 bits per heavy atom. The molecule has 0 aliphatic rings. The Hall–Kier alpha value is -1.70. The molecule has 1 nitrogen and oxygen atoms in total. The molecule has 0 amide bonds. The van der Waals surface area contributed by atoms with Crippen molar-refractivity contribution < 1.29 is 4.39 Å². The van der Waals surface area contributed by atoms with Gasteiger partial charge < -0.3 is 0 Å². The summed E-state index contributed by atoms with van der Waals surface area (Å²) in [4.78, 5) is 4.17. The summed E-state index contributed by atoms with van der Waals surface area (Å²) in [6.07, 6.45) is 2.99. The van der Waals surface area contributed by atoms with Crippen LogP contribution in [0, 0.1) is 0 Å². The number of pyridine rings is 1. The lowest BCUT2D eigenvalue weighted by Crippen LogP contribution is -1.83. The summed E-state index contributed by atoms with van der Waals surface area (Å²) >= 11 is 0. The summed E-state index contributed by atoms with van der Waals surface area (Å²) in [5.41, 5.74) is 1.42. The van der Waals surface area contributed by atoms with Gasteiger partial charge in [0.25, 0.3) is 0 Å². The summed E-state index contributed by atoms with van der Waals surface area (Å²) in [5.74, 6) is -0.233. The number of hydrogen-bond acceptors (Lipinski definition) is 1. The van der Waals surface area contributed by atoms with Gasteiger partial charge in [0.15, 0.2) is 0 Å². The molecule has 0 N–H and O–H groups in total. The van der Waals surface area contributed by atoms with Gasteiger partial charge >= 0.3 is 0 Å². The lowest BCUT2D eigenvalue weighted by Gasteiger charge is -1.99. The van der Waals surface area contributed by atoms with Gasteiger partial charge in [-0.1, -0.05) is 24.3 Å². The van der Waals surface area contributed by atoms with Gasteiger partial charge in [-0.15, -0.1) is 0 Å². The lowest BCUT2D eigenvalue weighted by molar-refractivity contribution is 0.758. The Kier molecular flexibility index (Phi) is 2.27. The van der Waals surface area contributed by atoms with Gasteiger partial charge in [-0.3, -0.25) is 4.98 Å². The summed E-state index contributed by atoms with van der Waals surface area (Å²) < 4.78 is 13.2. The van der Waals surface area contributed by atoms with Crippen molar-refractivity contribution in [3.8, 4) is 0 Å². The molecule has 0 aliphatic carbocycles. The van der Waals surface area contributed by atoms with Crippen LogP contribution in [-0.4, -0.2) is 4.98 Å². The number of aromatic nitrogens is 1. The Morgan fingerprint density at radius 3 is 2.93 bits per heavy atom. The van der Waals surface area contributed by atoms with E-state index >= 15 is 0 Å². The molecule has 2 heteroatoms. The molecular formula is C12H10FN. The molecule has 0 bridgehead atoms. The fourth-order valence-corrected chi connectivity index (χ4v) is 1.37. The number of allylic oxidation sites excluding steroid dienone is 1. The van der Waals surface area contributed by atoms with Crippen LogP contribution in [-0.2, 0) is 0 Å². The Labute approximate surface area is 81.9 Å². The van der Waals surface area contributed by atoms with Crippen LogP contribution in [0.5, 0.6) is 0 Å². The van der Waals surface area contributed by atoms with E-state index in [-0.39, 0.29) is 5.83 Å². The number of benzene rings is 1. The van der Waals surface area contributed by atoms with Crippen molar-refractivity contribution in [2.45, 2.75) is 6.92 Å². The van der Waals surface area contributed by atoms with Crippen molar-refractivity contribution in [2.24, 2.45) is 0 Å². The van der Waals surface area contributed by atoms with E-state index < -0.39 is 0 Å². The third-order valence-corrected chi connectivity index (χ3v) is 2.12. The fraction of sp³-hybridized carbons (Fsp3) is 0.0833. The number of rotatable bonds is 1. The van der Waals surface area contributed by atoms with E-state index in [9.17, 15) is 4.39 Å². The number of para-hydroxylation sites is 1. The maximum atomic E-state index is 13.2. The van der Waals surface area contributed by atoms with Gasteiger partial charge in [-0.2, -0.15) is 0 Å². The Morgan fingerprint density at radius 1 is 1.36 bits per heavy atom. The summed E-state index contributed by atoms with van der Waals surface area (Å²) in [6, 6.07) is 9.47. The van der Waals surface area contributed by atoms with Crippen molar-refractivity contribution in [2.75, 3.05) is 0 Å². The minimum absolute atomic E-state index is 0.233. The van der Waals surface area contributed by atoms with Gasteiger partial charge in [0.05, 0.1) is 5.52 Å². The third kappa shape index (κ3) is 1.51. The monoisotopic (exact) mass is 187 g/mol. The van der Waals surface area contributed by atoms with E-state index in [0.29, 0.717) is 5.56 Å². The minimum Gasteiger partial charge on any atom is -0.256 e. The van der Waals surface area contributed by atoms with E-state index in [1.54, 1.807) is 19.2 Å². The number of nitrogens with zero attached hydrogens (tertiary/aromatic N) is 1. The Balaban J connectivity index is 2.62. The normalized spacial score (nSPS) is 12.0. The topological polar surface area (TPSA) is 12.9 Å². The van der Waals surface area contributed by atoms with Gasteiger partial charge in [0, 0.05) is 17.1 Å². The molecule has 70 valence electrons. The molecule has 0 fully saturated rings. The second-order valence-electron chi connectivity index (χ2n) is 3.05. The highest BCUT2D eigenvalue weighted by Crippen LogP contribution is 2.19. The minimum atomic E-state index is -0.233. The largest absolute Gasteiger partial charge is 0.256 e. The molecule has 0 unspecified atom stereocenters. The molecule has 0 aliphatic heterocycles. The first-order valence-corrected chi connectivity index (χ1v) is 4.48. The molecular weight excluding hydrogens is 177 g/mol. The number of hydrogen-bond donors (Lipinski definition) is 0. The standard InChI is InChI=1S/C12H10FN/c1-2-11(13)10-7-9-5-3-4-6-12(9)14-8-10/h2-8H,1H3. The third-order valence-electron chi connectivity index (χ3n) is 2.12. The molecule has 0 radical (unpaired) electrons. The molecule has 0 spiro atoms. The molecule has 2 aromatic rings. The summed E-state index contributed by atoms with van der Waals surface area (Å²) in [6.45, 7) is 1.67. The van der Waals surface area contributed by atoms with Gasteiger partial charge in [-0.05, 0) is 19.1 Å². The van der Waals surface area contributed by atoms with Crippen LogP contribution in [0.25, 0.3) is 16.7 Å². The molecule has 0 atom stereocenters. The molecule has 1 heterocycles. The molecule has 14 heavy (non-hydrogen) atoms. The average Bonchev–Trinajstić information content (AvgIpc) is 2.27. The Bertz CT molecular complexity index is 488. The van der Waals surface area contributed by atoms with Gasteiger partial charge in [-0.25, -0.2) is 4.39 Å². The van der Waals surface area contributed by atoms with Gasteiger partial charge in [0.1, 0.15) is 5.83 Å². The molecule has 2 rings (SSSR count). The highest BCUT2D eigenvalue weighted by molar-refractivity contribution is 5.81. The molecule has 0 saturated carbocycles. The van der Waals surface area contributed by atoms with Crippen LogP contribution < -0.4 is 0 Å². The SMILES string of the molecule is CC=C(F)c1cnc2ccccc2c1. The first kappa shape index (κ1) is 8.88. The number of fused-ring (bicyclic) bond motifs is 1. The zero-order chi connectivity index (χ0) is 9.97. The van der Waals surface area contributed by atoms with Crippen LogP contribution in [0.2, 0.25) is 0 Å². The van der Waals surface area contributed by atoms with E-state index in [1.807, 2.05) is 24.3 Å². The lowest BCUT2D eigenvalue weighted by atomic mass is 10.1. The van der Waals surface area contributed by atoms with Crippen molar-refractivity contribution in [3.63, 3.8) is 0 Å². The first-order valence-electron chi connectivity index (χ1n) is 4.48. The van der Waals surface area contributed by atoms with Gasteiger partial charge in [0.2, 0.25) is 0 Å². The maximum Gasteiger partial charge on any atom is 0.127 e. The van der Waals surface area contributed by atoms with Crippen molar-refractivity contribution in [1.82, 2.24) is 4.98 Å². The maximum absolute atomic E-state index is 13.2. The predicted octanol–water partition coefficient (Wildman–Crippen LogP) is 3.57.